The molecule has 0 saturated heterocycles. The second-order valence-corrected chi connectivity index (χ2v) is 5.50. The standard InChI is InChI=1S/C18H14ClFO3/c1-2-11-8-18(21)23-17-9-12(6-7-13(11)17)22-10-14-15(19)4-3-5-16(14)20/h3-9H,2,10H2,1H3. The Hall–Kier alpha value is -2.33. The van der Waals surface area contributed by atoms with E-state index in [2.05, 4.69) is 0 Å². The summed E-state index contributed by atoms with van der Waals surface area (Å²) in [6.45, 7) is 1.97. The van der Waals surface area contributed by atoms with Gasteiger partial charge in [-0.3, -0.25) is 0 Å². The number of rotatable bonds is 4. The van der Waals surface area contributed by atoms with Crippen LogP contribution in [0.5, 0.6) is 5.75 Å². The number of hydrogen-bond donors (Lipinski definition) is 0. The molecule has 0 aliphatic rings. The quantitative estimate of drug-likeness (QED) is 0.648. The zero-order valence-corrected chi connectivity index (χ0v) is 13.2. The van der Waals surface area contributed by atoms with Crippen molar-refractivity contribution in [2.75, 3.05) is 0 Å². The third-order valence-electron chi connectivity index (χ3n) is 3.63. The molecule has 0 atom stereocenters. The summed E-state index contributed by atoms with van der Waals surface area (Å²) < 4.78 is 24.5. The molecule has 1 heterocycles. The summed E-state index contributed by atoms with van der Waals surface area (Å²) in [5, 5.41) is 1.17. The molecule has 2 aromatic carbocycles. The average molecular weight is 333 g/mol. The second kappa shape index (κ2) is 6.42. The maximum atomic E-state index is 13.7. The van der Waals surface area contributed by atoms with Crippen molar-refractivity contribution in [1.29, 1.82) is 0 Å². The van der Waals surface area contributed by atoms with Gasteiger partial charge < -0.3 is 9.15 Å². The first-order chi connectivity index (χ1) is 11.1. The van der Waals surface area contributed by atoms with Crippen LogP contribution in [0, 0.1) is 5.82 Å². The van der Waals surface area contributed by atoms with E-state index in [-0.39, 0.29) is 12.2 Å². The van der Waals surface area contributed by atoms with E-state index in [9.17, 15) is 9.18 Å². The Bertz CT molecular complexity index is 898. The van der Waals surface area contributed by atoms with Crippen LogP contribution in [0.15, 0.2) is 51.7 Å². The minimum Gasteiger partial charge on any atom is -0.489 e. The summed E-state index contributed by atoms with van der Waals surface area (Å²) in [5.74, 6) is 0.0614. The molecule has 0 unspecified atom stereocenters. The van der Waals surface area contributed by atoms with Crippen molar-refractivity contribution < 1.29 is 13.5 Å². The number of aryl methyl sites for hydroxylation is 1. The molecular weight excluding hydrogens is 319 g/mol. The third-order valence-corrected chi connectivity index (χ3v) is 3.98. The van der Waals surface area contributed by atoms with Crippen LogP contribution in [0.4, 0.5) is 4.39 Å². The van der Waals surface area contributed by atoms with Crippen molar-refractivity contribution in [3.63, 3.8) is 0 Å². The lowest BCUT2D eigenvalue weighted by Crippen LogP contribution is -2.01. The van der Waals surface area contributed by atoms with Crippen LogP contribution in [0.25, 0.3) is 11.0 Å². The van der Waals surface area contributed by atoms with Crippen molar-refractivity contribution in [1.82, 2.24) is 0 Å². The SMILES string of the molecule is CCc1cc(=O)oc2cc(OCc3c(F)cccc3Cl)ccc12. The lowest BCUT2D eigenvalue weighted by molar-refractivity contribution is 0.300. The molecule has 0 N–H and O–H groups in total. The van der Waals surface area contributed by atoms with Gasteiger partial charge in [-0.25, -0.2) is 9.18 Å². The van der Waals surface area contributed by atoms with E-state index in [1.807, 2.05) is 13.0 Å². The number of hydrogen-bond acceptors (Lipinski definition) is 3. The van der Waals surface area contributed by atoms with E-state index in [0.29, 0.717) is 16.4 Å². The fourth-order valence-corrected chi connectivity index (χ4v) is 2.64. The van der Waals surface area contributed by atoms with Crippen LogP contribution in [0.1, 0.15) is 18.1 Å². The highest BCUT2D eigenvalue weighted by molar-refractivity contribution is 6.31. The summed E-state index contributed by atoms with van der Waals surface area (Å²) in [6, 6.07) is 11.2. The topological polar surface area (TPSA) is 39.4 Å². The molecule has 3 nitrogen and oxygen atoms in total. The molecule has 3 rings (SSSR count). The number of ether oxygens (including phenoxy) is 1. The fraction of sp³-hybridized carbons (Fsp3) is 0.167. The first-order valence-corrected chi connectivity index (χ1v) is 7.58. The van der Waals surface area contributed by atoms with Gasteiger partial charge in [-0.1, -0.05) is 24.6 Å². The molecule has 5 heteroatoms. The molecule has 118 valence electrons. The van der Waals surface area contributed by atoms with Gasteiger partial charge in [-0.2, -0.15) is 0 Å². The van der Waals surface area contributed by atoms with E-state index in [0.717, 1.165) is 17.4 Å². The zero-order chi connectivity index (χ0) is 16.4. The summed E-state index contributed by atoms with van der Waals surface area (Å²) in [7, 11) is 0. The summed E-state index contributed by atoms with van der Waals surface area (Å²) >= 11 is 5.97. The Labute approximate surface area is 137 Å². The van der Waals surface area contributed by atoms with Gasteiger partial charge in [0, 0.05) is 23.1 Å². The van der Waals surface area contributed by atoms with Crippen molar-refractivity contribution >= 4 is 22.6 Å². The summed E-state index contributed by atoms with van der Waals surface area (Å²) in [6.07, 6.45) is 0.729. The minimum absolute atomic E-state index is 0.00524. The van der Waals surface area contributed by atoms with Gasteiger partial charge in [-0.05, 0) is 36.2 Å². The van der Waals surface area contributed by atoms with Gasteiger partial charge in [0.05, 0.1) is 5.02 Å². The number of halogens is 2. The minimum atomic E-state index is -0.418. The van der Waals surface area contributed by atoms with E-state index >= 15 is 0 Å². The van der Waals surface area contributed by atoms with Crippen molar-refractivity contribution in [3.8, 4) is 5.75 Å². The zero-order valence-electron chi connectivity index (χ0n) is 12.4. The Kier molecular flexibility index (Phi) is 4.35. The molecule has 0 aliphatic heterocycles. The van der Waals surface area contributed by atoms with Gasteiger partial charge in [0.15, 0.2) is 0 Å². The maximum absolute atomic E-state index is 13.7. The molecule has 3 aromatic rings. The smallest absolute Gasteiger partial charge is 0.336 e. The highest BCUT2D eigenvalue weighted by Gasteiger charge is 2.09. The number of benzene rings is 2. The predicted octanol–water partition coefficient (Wildman–Crippen LogP) is 4.73. The molecule has 1 aromatic heterocycles. The van der Waals surface area contributed by atoms with Gasteiger partial charge in [0.25, 0.3) is 0 Å². The Morgan fingerprint density at radius 1 is 1.22 bits per heavy atom. The lowest BCUT2D eigenvalue weighted by atomic mass is 10.1. The molecule has 0 radical (unpaired) electrons. The molecule has 0 spiro atoms. The van der Waals surface area contributed by atoms with Crippen LogP contribution in [-0.4, -0.2) is 0 Å². The van der Waals surface area contributed by atoms with Gasteiger partial charge in [-0.15, -0.1) is 0 Å². The molecule has 0 saturated carbocycles. The van der Waals surface area contributed by atoms with E-state index in [4.69, 9.17) is 20.8 Å². The first kappa shape index (κ1) is 15.6. The maximum Gasteiger partial charge on any atom is 0.336 e. The normalized spacial score (nSPS) is 10.9. The molecule has 0 amide bonds. The van der Waals surface area contributed by atoms with Crippen LogP contribution >= 0.6 is 11.6 Å². The second-order valence-electron chi connectivity index (χ2n) is 5.09. The molecular formula is C18H14ClFO3. The largest absolute Gasteiger partial charge is 0.489 e. The van der Waals surface area contributed by atoms with Crippen molar-refractivity contribution in [2.24, 2.45) is 0 Å². The van der Waals surface area contributed by atoms with Crippen LogP contribution < -0.4 is 10.4 Å². The van der Waals surface area contributed by atoms with Crippen molar-refractivity contribution in [3.05, 3.63) is 74.9 Å². The number of fused-ring (bicyclic) bond motifs is 1. The molecule has 23 heavy (non-hydrogen) atoms. The Balaban J connectivity index is 1.91. The van der Waals surface area contributed by atoms with E-state index < -0.39 is 11.4 Å². The van der Waals surface area contributed by atoms with Gasteiger partial charge in [0.2, 0.25) is 0 Å². The monoisotopic (exact) mass is 332 g/mol. The first-order valence-electron chi connectivity index (χ1n) is 7.21. The van der Waals surface area contributed by atoms with Gasteiger partial charge in [0.1, 0.15) is 23.8 Å². The third kappa shape index (κ3) is 3.22. The highest BCUT2D eigenvalue weighted by atomic mass is 35.5. The molecule has 0 fully saturated rings. The summed E-state index contributed by atoms with van der Waals surface area (Å²) in [4.78, 5) is 11.6. The lowest BCUT2D eigenvalue weighted by Gasteiger charge is -2.10. The van der Waals surface area contributed by atoms with Gasteiger partial charge >= 0.3 is 5.63 Å². The predicted molar refractivity (Wildman–Crippen MR) is 87.6 cm³/mol. The van der Waals surface area contributed by atoms with Crippen LogP contribution in [0.3, 0.4) is 0 Å². The Morgan fingerprint density at radius 2 is 2.04 bits per heavy atom. The van der Waals surface area contributed by atoms with Crippen molar-refractivity contribution in [2.45, 2.75) is 20.0 Å². The van der Waals surface area contributed by atoms with E-state index in [1.54, 1.807) is 18.2 Å². The fourth-order valence-electron chi connectivity index (χ4n) is 2.42. The van der Waals surface area contributed by atoms with Crippen LogP contribution in [0.2, 0.25) is 5.02 Å². The molecule has 0 aliphatic carbocycles. The van der Waals surface area contributed by atoms with E-state index in [1.165, 1.54) is 18.2 Å². The highest BCUT2D eigenvalue weighted by Crippen LogP contribution is 2.25. The Morgan fingerprint density at radius 3 is 2.78 bits per heavy atom. The average Bonchev–Trinajstić information content (AvgIpc) is 2.53. The summed E-state index contributed by atoms with van der Waals surface area (Å²) in [5.41, 5.74) is 1.26. The molecule has 0 bridgehead atoms. The van der Waals surface area contributed by atoms with Crippen LogP contribution in [-0.2, 0) is 13.0 Å².